The van der Waals surface area contributed by atoms with Crippen molar-refractivity contribution in [3.05, 3.63) is 0 Å². The van der Waals surface area contributed by atoms with Gasteiger partial charge in [-0.15, -0.1) is 11.8 Å². The molecule has 1 aliphatic heterocycles. The minimum absolute atomic E-state index is 0.261. The number of carbonyl (C=O) groups excluding carboxylic acids is 1. The number of rotatable bonds is 7. The van der Waals surface area contributed by atoms with E-state index in [2.05, 4.69) is 4.72 Å². The van der Waals surface area contributed by atoms with E-state index in [1.165, 1.54) is 21.2 Å². The highest BCUT2D eigenvalue weighted by Crippen LogP contribution is 2.21. The zero-order valence-electron chi connectivity index (χ0n) is 10.6. The fraction of sp³-hybridized carbons (Fsp3) is 0.857. The smallest absolute Gasteiger partial charge is 0.278 e. The summed E-state index contributed by atoms with van der Waals surface area (Å²) >= 11 is 1.27. The van der Waals surface area contributed by atoms with Crippen LogP contribution >= 0.6 is 22.4 Å². The Kier molecular flexibility index (Phi) is 6.93. The van der Waals surface area contributed by atoms with E-state index in [4.69, 9.17) is 10.7 Å². The first kappa shape index (κ1) is 18.7. The maximum absolute atomic E-state index is 12.1. The van der Waals surface area contributed by atoms with Crippen LogP contribution in [0.2, 0.25) is 0 Å². The van der Waals surface area contributed by atoms with E-state index in [0.29, 0.717) is 18.8 Å². The van der Waals surface area contributed by atoms with Crippen LogP contribution < -0.4 is 14.2 Å². The lowest BCUT2D eigenvalue weighted by Crippen LogP contribution is -2.51. The van der Waals surface area contributed by atoms with Crippen molar-refractivity contribution in [3.8, 4) is 0 Å². The Bertz CT molecular complexity index is 571. The molecule has 124 valence electrons. The summed E-state index contributed by atoms with van der Waals surface area (Å²) in [6.07, 6.45) is 0.261. The topological polar surface area (TPSA) is 125 Å². The SMILES string of the molecule is O=C(NS(=O)(=O)Cl)NS(=O)(=O)NC1SCCN1CCCF. The van der Waals surface area contributed by atoms with Gasteiger partial charge in [0.1, 0.15) is 5.50 Å². The van der Waals surface area contributed by atoms with Crippen LogP contribution in [-0.2, 0) is 19.4 Å². The van der Waals surface area contributed by atoms with Crippen LogP contribution in [0.3, 0.4) is 0 Å². The molecule has 1 heterocycles. The molecule has 2 amide bonds. The van der Waals surface area contributed by atoms with Gasteiger partial charge in [-0.25, -0.2) is 14.2 Å². The number of hydrogen-bond acceptors (Lipinski definition) is 7. The highest BCUT2D eigenvalue weighted by atomic mass is 35.7. The highest BCUT2D eigenvalue weighted by molar-refractivity contribution is 8.12. The van der Waals surface area contributed by atoms with Gasteiger partial charge in [0, 0.05) is 29.5 Å². The molecular weight excluding hydrogens is 371 g/mol. The van der Waals surface area contributed by atoms with Crippen LogP contribution in [0, 0.1) is 0 Å². The molecule has 0 radical (unpaired) electrons. The second kappa shape index (κ2) is 7.78. The number of carbonyl (C=O) groups is 1. The normalized spacial score (nSPS) is 20.4. The highest BCUT2D eigenvalue weighted by Gasteiger charge is 2.29. The fourth-order valence-electron chi connectivity index (χ4n) is 1.52. The van der Waals surface area contributed by atoms with Crippen LogP contribution in [0.25, 0.3) is 0 Å². The Labute approximate surface area is 130 Å². The van der Waals surface area contributed by atoms with E-state index in [-0.39, 0.29) is 6.42 Å². The lowest BCUT2D eigenvalue weighted by Gasteiger charge is -2.23. The molecule has 0 saturated carbocycles. The second-order valence-corrected chi connectivity index (χ2v) is 8.83. The van der Waals surface area contributed by atoms with Crippen molar-refractivity contribution in [2.75, 3.05) is 25.5 Å². The molecule has 9 nitrogen and oxygen atoms in total. The number of urea groups is 1. The van der Waals surface area contributed by atoms with Crippen molar-refractivity contribution in [3.63, 3.8) is 0 Å². The van der Waals surface area contributed by atoms with E-state index in [9.17, 15) is 26.0 Å². The molecule has 3 N–H and O–H groups in total. The molecule has 1 aliphatic rings. The number of nitrogens with zero attached hydrogens (tertiary/aromatic N) is 1. The van der Waals surface area contributed by atoms with Crippen LogP contribution in [0.5, 0.6) is 0 Å². The summed E-state index contributed by atoms with van der Waals surface area (Å²) in [5.74, 6) is 0.641. The summed E-state index contributed by atoms with van der Waals surface area (Å²) in [5, 5.41) is 0. The molecule has 0 aromatic carbocycles. The molecule has 0 aromatic heterocycles. The number of thioether (sulfide) groups is 1. The molecule has 21 heavy (non-hydrogen) atoms. The minimum atomic E-state index is -4.39. The predicted octanol–water partition coefficient (Wildman–Crippen LogP) is -0.704. The van der Waals surface area contributed by atoms with E-state index < -0.39 is 37.6 Å². The van der Waals surface area contributed by atoms with Gasteiger partial charge in [0.05, 0.1) is 6.67 Å². The van der Waals surface area contributed by atoms with E-state index in [1.54, 1.807) is 4.90 Å². The van der Waals surface area contributed by atoms with Gasteiger partial charge in [-0.3, -0.25) is 9.29 Å². The first-order valence-electron chi connectivity index (χ1n) is 5.61. The van der Waals surface area contributed by atoms with Crippen LogP contribution in [0.15, 0.2) is 0 Å². The van der Waals surface area contributed by atoms with Gasteiger partial charge in [0.2, 0.25) is 0 Å². The van der Waals surface area contributed by atoms with Crippen molar-refractivity contribution in [1.82, 2.24) is 19.1 Å². The van der Waals surface area contributed by atoms with Crippen molar-refractivity contribution in [2.45, 2.75) is 11.9 Å². The molecule has 0 spiro atoms. The van der Waals surface area contributed by atoms with Gasteiger partial charge in [-0.1, -0.05) is 0 Å². The molecule has 1 rings (SSSR count). The second-order valence-electron chi connectivity index (χ2n) is 3.89. The number of amides is 2. The first-order valence-corrected chi connectivity index (χ1v) is 10.4. The number of nitrogens with one attached hydrogen (secondary N) is 3. The molecule has 14 heteroatoms. The third kappa shape index (κ3) is 7.46. The summed E-state index contributed by atoms with van der Waals surface area (Å²) in [5.41, 5.74) is -0.658. The van der Waals surface area contributed by atoms with Gasteiger partial charge in [-0.2, -0.15) is 21.6 Å². The van der Waals surface area contributed by atoms with Gasteiger partial charge in [0.15, 0.2) is 0 Å². The third-order valence-corrected chi connectivity index (χ3v) is 5.21. The van der Waals surface area contributed by atoms with E-state index in [1.807, 2.05) is 0 Å². The zero-order valence-corrected chi connectivity index (χ0v) is 13.8. The van der Waals surface area contributed by atoms with Crippen molar-refractivity contribution in [1.29, 1.82) is 0 Å². The Morgan fingerprint density at radius 2 is 2.00 bits per heavy atom. The Morgan fingerprint density at radius 3 is 2.57 bits per heavy atom. The molecule has 0 aliphatic carbocycles. The van der Waals surface area contributed by atoms with Gasteiger partial charge >= 0.3 is 25.5 Å². The average Bonchev–Trinajstić information content (AvgIpc) is 2.69. The molecule has 0 aromatic rings. The van der Waals surface area contributed by atoms with Crippen LogP contribution in [-0.4, -0.2) is 58.8 Å². The molecular formula is C7H14ClFN4O5S3. The molecule has 1 atom stereocenters. The maximum Gasteiger partial charge on any atom is 0.344 e. The quantitative estimate of drug-likeness (QED) is 0.495. The molecule has 1 unspecified atom stereocenters. The predicted molar refractivity (Wildman–Crippen MR) is 76.9 cm³/mol. The monoisotopic (exact) mass is 384 g/mol. The Hall–Kier alpha value is -0.340. The largest absolute Gasteiger partial charge is 0.344 e. The zero-order chi connectivity index (χ0) is 16.1. The Morgan fingerprint density at radius 1 is 1.33 bits per heavy atom. The standard InChI is InChI=1S/C7H14ClFN4O5S3/c8-20(15,16)10-6(14)11-21(17,18)12-7-13(3-1-2-9)4-5-19-7/h7,12H,1-5H2,(H2,10,11,14). The lowest BCUT2D eigenvalue weighted by molar-refractivity contribution is 0.249. The van der Waals surface area contributed by atoms with Gasteiger partial charge in [0.25, 0.3) is 0 Å². The van der Waals surface area contributed by atoms with Crippen LogP contribution in [0.1, 0.15) is 6.42 Å². The number of halogens is 2. The summed E-state index contributed by atoms with van der Waals surface area (Å²) < 4.78 is 61.5. The molecule has 0 bridgehead atoms. The number of hydrogen-bond donors (Lipinski definition) is 3. The van der Waals surface area contributed by atoms with Gasteiger partial charge < -0.3 is 0 Å². The van der Waals surface area contributed by atoms with Crippen molar-refractivity contribution < 1.29 is 26.0 Å². The summed E-state index contributed by atoms with van der Waals surface area (Å²) in [4.78, 5) is 12.8. The summed E-state index contributed by atoms with van der Waals surface area (Å²) in [6.45, 7) is 0.411. The summed E-state index contributed by atoms with van der Waals surface area (Å²) in [7, 11) is -3.93. The number of alkyl halides is 1. The maximum atomic E-state index is 12.1. The van der Waals surface area contributed by atoms with Crippen molar-refractivity contribution in [2.24, 2.45) is 0 Å². The van der Waals surface area contributed by atoms with E-state index >= 15 is 0 Å². The van der Waals surface area contributed by atoms with E-state index in [0.717, 1.165) is 0 Å². The Balaban J connectivity index is 2.57. The molecule has 1 saturated heterocycles. The third-order valence-electron chi connectivity index (χ3n) is 2.26. The van der Waals surface area contributed by atoms with Gasteiger partial charge in [-0.05, 0) is 6.42 Å². The first-order chi connectivity index (χ1) is 9.63. The summed E-state index contributed by atoms with van der Waals surface area (Å²) in [6, 6.07) is -1.50. The minimum Gasteiger partial charge on any atom is -0.278 e. The fourth-order valence-corrected chi connectivity index (χ4v) is 4.47. The lowest BCUT2D eigenvalue weighted by atomic mass is 10.4. The molecule has 1 fully saturated rings. The van der Waals surface area contributed by atoms with Crippen LogP contribution in [0.4, 0.5) is 9.18 Å². The average molecular weight is 385 g/mol. The van der Waals surface area contributed by atoms with Crippen molar-refractivity contribution >= 4 is 47.9 Å².